The molecule has 1 amide bonds. The zero-order valence-electron chi connectivity index (χ0n) is 10.6. The van der Waals surface area contributed by atoms with E-state index in [2.05, 4.69) is 5.32 Å². The lowest BCUT2D eigenvalue weighted by molar-refractivity contribution is -0.119. The highest BCUT2D eigenvalue weighted by Gasteiger charge is 2.04. The molecule has 0 bridgehead atoms. The van der Waals surface area contributed by atoms with E-state index in [0.29, 0.717) is 13.2 Å². The summed E-state index contributed by atoms with van der Waals surface area (Å²) in [6.07, 6.45) is 0.879. The monoisotopic (exact) mass is 272 g/mol. The molecule has 0 aromatic heterocycles. The zero-order valence-corrected chi connectivity index (χ0v) is 11.4. The fourth-order valence-electron chi connectivity index (χ4n) is 1.45. The van der Waals surface area contributed by atoms with E-state index in [1.807, 2.05) is 37.3 Å². The summed E-state index contributed by atoms with van der Waals surface area (Å²) in [4.78, 5) is 10.9. The summed E-state index contributed by atoms with van der Waals surface area (Å²) < 4.78 is 5.66. The Morgan fingerprint density at radius 2 is 2.06 bits per heavy atom. The maximum Gasteiger partial charge on any atom is 0.233 e. The number of carbonyl (C=O) groups is 1. The van der Waals surface area contributed by atoms with Gasteiger partial charge in [-0.15, -0.1) is 12.4 Å². The molecule has 0 heterocycles. The van der Waals surface area contributed by atoms with Gasteiger partial charge in [-0.1, -0.05) is 30.3 Å². The van der Waals surface area contributed by atoms with Crippen molar-refractivity contribution in [3.8, 4) is 0 Å². The fraction of sp³-hybridized carbons (Fsp3) is 0.462. The lowest BCUT2D eigenvalue weighted by Gasteiger charge is -2.13. The summed E-state index contributed by atoms with van der Waals surface area (Å²) >= 11 is 0. The first-order valence-electron chi connectivity index (χ1n) is 5.87. The number of nitrogens with one attached hydrogen (secondary N) is 1. The molecule has 4 nitrogen and oxygen atoms in total. The third kappa shape index (κ3) is 6.59. The van der Waals surface area contributed by atoms with Crippen LogP contribution in [0.4, 0.5) is 0 Å². The van der Waals surface area contributed by atoms with Gasteiger partial charge in [0.2, 0.25) is 5.91 Å². The van der Waals surface area contributed by atoms with Gasteiger partial charge in [-0.25, -0.2) is 0 Å². The Morgan fingerprint density at radius 1 is 1.39 bits per heavy atom. The number of nitrogens with two attached hydrogens (primary N) is 1. The molecule has 18 heavy (non-hydrogen) atoms. The van der Waals surface area contributed by atoms with E-state index >= 15 is 0 Å². The van der Waals surface area contributed by atoms with Crippen LogP contribution in [0.5, 0.6) is 0 Å². The van der Waals surface area contributed by atoms with E-state index in [1.165, 1.54) is 5.56 Å². The first-order chi connectivity index (χ1) is 8.24. The highest BCUT2D eigenvalue weighted by atomic mass is 35.5. The Morgan fingerprint density at radius 3 is 2.67 bits per heavy atom. The van der Waals surface area contributed by atoms with Gasteiger partial charge in [-0.05, 0) is 18.9 Å². The van der Waals surface area contributed by atoms with E-state index in [9.17, 15) is 4.79 Å². The molecule has 102 valence electrons. The van der Waals surface area contributed by atoms with Crippen LogP contribution in [0.15, 0.2) is 30.3 Å². The molecular formula is C13H21ClN2O2. The lowest BCUT2D eigenvalue weighted by atomic mass is 10.1. The second-order valence-electron chi connectivity index (χ2n) is 3.83. The number of halogens is 1. The highest BCUT2D eigenvalue weighted by molar-refractivity contribution is 5.85. The maximum atomic E-state index is 10.9. The number of hydrogen-bond donors (Lipinski definition) is 2. The first-order valence-corrected chi connectivity index (χ1v) is 5.87. The second kappa shape index (κ2) is 9.88. The van der Waals surface area contributed by atoms with Crippen LogP contribution >= 0.6 is 12.4 Å². The standard InChI is InChI=1S/C13H20N2O2.ClH/c1-11(12-6-3-2-4-7-12)17-9-5-8-15-13(16)10-14;/h2-4,6-7,11H,5,8-10,14H2,1H3,(H,15,16);1H. The minimum absolute atomic E-state index is 0. The van der Waals surface area contributed by atoms with Crippen LogP contribution in [0, 0.1) is 0 Å². The van der Waals surface area contributed by atoms with E-state index in [-0.39, 0.29) is 31.0 Å². The average Bonchev–Trinajstić information content (AvgIpc) is 2.38. The fourth-order valence-corrected chi connectivity index (χ4v) is 1.45. The SMILES string of the molecule is CC(OCCCNC(=O)CN)c1ccccc1.Cl. The molecule has 3 N–H and O–H groups in total. The molecule has 0 fully saturated rings. The smallest absolute Gasteiger partial charge is 0.233 e. The molecule has 0 saturated heterocycles. The minimum atomic E-state index is -0.124. The van der Waals surface area contributed by atoms with Crippen LogP contribution in [0.2, 0.25) is 0 Å². The van der Waals surface area contributed by atoms with Gasteiger partial charge in [0.1, 0.15) is 0 Å². The summed E-state index contributed by atoms with van der Waals surface area (Å²) in [6, 6.07) is 10.1. The van der Waals surface area contributed by atoms with Crippen molar-refractivity contribution in [3.05, 3.63) is 35.9 Å². The topological polar surface area (TPSA) is 64.3 Å². The quantitative estimate of drug-likeness (QED) is 0.742. The molecule has 1 aromatic carbocycles. The van der Waals surface area contributed by atoms with Gasteiger partial charge in [0.25, 0.3) is 0 Å². The molecule has 0 saturated carbocycles. The highest BCUT2D eigenvalue weighted by Crippen LogP contribution is 2.15. The molecule has 1 atom stereocenters. The molecule has 0 aliphatic rings. The Kier molecular flexibility index (Phi) is 9.28. The van der Waals surface area contributed by atoms with Crippen molar-refractivity contribution in [2.24, 2.45) is 5.73 Å². The van der Waals surface area contributed by atoms with Crippen LogP contribution in [-0.2, 0) is 9.53 Å². The summed E-state index contributed by atoms with van der Waals surface area (Å²) in [6.45, 7) is 3.30. The Balaban J connectivity index is 0.00000289. The third-order valence-electron chi connectivity index (χ3n) is 2.47. The summed E-state index contributed by atoms with van der Waals surface area (Å²) in [5, 5.41) is 2.70. The molecule has 5 heteroatoms. The normalized spacial score (nSPS) is 11.4. The van der Waals surface area contributed by atoms with Crippen molar-refractivity contribution in [1.29, 1.82) is 0 Å². The van der Waals surface area contributed by atoms with Gasteiger partial charge in [0.15, 0.2) is 0 Å². The minimum Gasteiger partial charge on any atom is -0.374 e. The lowest BCUT2D eigenvalue weighted by Crippen LogP contribution is -2.31. The van der Waals surface area contributed by atoms with Crippen LogP contribution in [0.25, 0.3) is 0 Å². The van der Waals surface area contributed by atoms with Crippen molar-refractivity contribution >= 4 is 18.3 Å². The second-order valence-corrected chi connectivity index (χ2v) is 3.83. The molecule has 0 radical (unpaired) electrons. The Labute approximate surface area is 114 Å². The van der Waals surface area contributed by atoms with Crippen molar-refractivity contribution < 1.29 is 9.53 Å². The van der Waals surface area contributed by atoms with Crippen molar-refractivity contribution in [2.75, 3.05) is 19.7 Å². The van der Waals surface area contributed by atoms with Gasteiger partial charge in [0.05, 0.1) is 12.6 Å². The number of benzene rings is 1. The van der Waals surface area contributed by atoms with Gasteiger partial charge in [0, 0.05) is 13.2 Å². The van der Waals surface area contributed by atoms with Crippen LogP contribution < -0.4 is 11.1 Å². The summed E-state index contributed by atoms with van der Waals surface area (Å²) in [5.74, 6) is -0.124. The van der Waals surface area contributed by atoms with Crippen LogP contribution in [-0.4, -0.2) is 25.6 Å². The molecular weight excluding hydrogens is 252 g/mol. The van der Waals surface area contributed by atoms with Crippen molar-refractivity contribution in [2.45, 2.75) is 19.4 Å². The maximum absolute atomic E-state index is 10.9. The molecule has 1 aromatic rings. The van der Waals surface area contributed by atoms with E-state index in [0.717, 1.165) is 6.42 Å². The van der Waals surface area contributed by atoms with E-state index < -0.39 is 0 Å². The first kappa shape index (κ1) is 16.9. The molecule has 1 rings (SSSR count). The largest absolute Gasteiger partial charge is 0.374 e. The number of hydrogen-bond acceptors (Lipinski definition) is 3. The summed E-state index contributed by atoms with van der Waals surface area (Å²) in [7, 11) is 0. The number of ether oxygens (including phenoxy) is 1. The number of carbonyl (C=O) groups excluding carboxylic acids is 1. The van der Waals surface area contributed by atoms with Crippen molar-refractivity contribution in [3.63, 3.8) is 0 Å². The van der Waals surface area contributed by atoms with Crippen LogP contribution in [0.3, 0.4) is 0 Å². The molecule has 1 unspecified atom stereocenters. The van der Waals surface area contributed by atoms with Gasteiger partial charge in [-0.2, -0.15) is 0 Å². The number of amides is 1. The predicted octanol–water partition coefficient (Wildman–Crippen LogP) is 1.65. The summed E-state index contributed by atoms with van der Waals surface area (Å²) in [5.41, 5.74) is 6.33. The van der Waals surface area contributed by atoms with E-state index in [4.69, 9.17) is 10.5 Å². The van der Waals surface area contributed by atoms with Gasteiger partial charge < -0.3 is 15.8 Å². The van der Waals surface area contributed by atoms with E-state index in [1.54, 1.807) is 0 Å². The number of rotatable bonds is 7. The molecule has 0 aliphatic heterocycles. The zero-order chi connectivity index (χ0) is 12.5. The predicted molar refractivity (Wildman–Crippen MR) is 74.7 cm³/mol. The third-order valence-corrected chi connectivity index (χ3v) is 2.47. The Hall–Kier alpha value is -1.10. The average molecular weight is 273 g/mol. The Bertz CT molecular complexity index is 333. The van der Waals surface area contributed by atoms with Gasteiger partial charge >= 0.3 is 0 Å². The van der Waals surface area contributed by atoms with Crippen molar-refractivity contribution in [1.82, 2.24) is 5.32 Å². The molecule has 0 spiro atoms. The van der Waals surface area contributed by atoms with Crippen LogP contribution in [0.1, 0.15) is 25.0 Å². The van der Waals surface area contributed by atoms with Gasteiger partial charge in [-0.3, -0.25) is 4.79 Å². The molecule has 0 aliphatic carbocycles.